The molecule has 0 saturated carbocycles. The van der Waals surface area contributed by atoms with Gasteiger partial charge in [-0.05, 0) is 48.9 Å². The number of carboxylic acid groups (broad SMARTS) is 1. The molecule has 5 nitrogen and oxygen atoms in total. The summed E-state index contributed by atoms with van der Waals surface area (Å²) in [5.74, 6) is -0.185. The Labute approximate surface area is 122 Å². The number of aliphatic carboxylic acids is 1. The summed E-state index contributed by atoms with van der Waals surface area (Å²) in [7, 11) is 0. The van der Waals surface area contributed by atoms with Crippen LogP contribution in [0, 0.1) is 6.92 Å². The molecule has 0 fully saturated rings. The maximum absolute atomic E-state index is 11.6. The van der Waals surface area contributed by atoms with Crippen molar-refractivity contribution >= 4 is 11.9 Å². The number of amides is 1. The lowest BCUT2D eigenvalue weighted by Crippen LogP contribution is -2.29. The molecule has 2 rings (SSSR count). The number of aryl methyl sites for hydroxylation is 1. The first kappa shape index (κ1) is 14.6. The van der Waals surface area contributed by atoms with Crippen molar-refractivity contribution in [2.45, 2.75) is 6.92 Å². The average Bonchev–Trinajstić information content (AvgIpc) is 2.45. The van der Waals surface area contributed by atoms with Crippen LogP contribution in [0.5, 0.6) is 11.5 Å². The summed E-state index contributed by atoms with van der Waals surface area (Å²) in [6, 6.07) is 14.1. The van der Waals surface area contributed by atoms with E-state index in [1.807, 2.05) is 31.2 Å². The van der Waals surface area contributed by atoms with E-state index in [1.165, 1.54) is 0 Å². The van der Waals surface area contributed by atoms with E-state index in [0.29, 0.717) is 11.3 Å². The third kappa shape index (κ3) is 4.35. The monoisotopic (exact) mass is 285 g/mol. The molecule has 2 aromatic carbocycles. The van der Waals surface area contributed by atoms with E-state index in [9.17, 15) is 9.59 Å². The number of carbonyl (C=O) groups is 2. The molecule has 0 saturated heterocycles. The molecule has 0 aliphatic rings. The van der Waals surface area contributed by atoms with Crippen LogP contribution in [0.1, 0.15) is 15.9 Å². The summed E-state index contributed by atoms with van der Waals surface area (Å²) in [5, 5.41) is 10.8. The zero-order valence-corrected chi connectivity index (χ0v) is 11.5. The number of rotatable bonds is 5. The zero-order valence-electron chi connectivity index (χ0n) is 11.5. The van der Waals surface area contributed by atoms with Crippen LogP contribution in [0.15, 0.2) is 48.5 Å². The molecular weight excluding hydrogens is 270 g/mol. The van der Waals surface area contributed by atoms with Crippen LogP contribution in [0.25, 0.3) is 0 Å². The fraction of sp³-hybridized carbons (Fsp3) is 0.125. The van der Waals surface area contributed by atoms with Crippen LogP contribution < -0.4 is 10.1 Å². The summed E-state index contributed by atoms with van der Waals surface area (Å²) in [6.45, 7) is 1.57. The highest BCUT2D eigenvalue weighted by atomic mass is 16.5. The van der Waals surface area contributed by atoms with Crippen molar-refractivity contribution in [3.05, 3.63) is 59.7 Å². The van der Waals surface area contributed by atoms with E-state index >= 15 is 0 Å². The molecule has 0 aliphatic heterocycles. The minimum Gasteiger partial charge on any atom is -0.480 e. The van der Waals surface area contributed by atoms with E-state index in [4.69, 9.17) is 9.84 Å². The van der Waals surface area contributed by atoms with E-state index in [2.05, 4.69) is 5.32 Å². The Hall–Kier alpha value is -2.82. The predicted octanol–water partition coefficient (Wildman–Crippen LogP) is 2.60. The molecule has 0 aliphatic carbocycles. The van der Waals surface area contributed by atoms with Gasteiger partial charge in [-0.2, -0.15) is 0 Å². The SMILES string of the molecule is Cc1cccc(Oc2ccc(C(=O)NCC(=O)O)cc2)c1. The lowest BCUT2D eigenvalue weighted by atomic mass is 10.2. The van der Waals surface area contributed by atoms with Gasteiger partial charge >= 0.3 is 5.97 Å². The molecular formula is C16H15NO4. The first-order valence-corrected chi connectivity index (χ1v) is 6.39. The van der Waals surface area contributed by atoms with Gasteiger partial charge in [-0.15, -0.1) is 0 Å². The predicted molar refractivity (Wildman–Crippen MR) is 77.7 cm³/mol. The van der Waals surface area contributed by atoms with Gasteiger partial charge in [0.1, 0.15) is 18.0 Å². The van der Waals surface area contributed by atoms with E-state index in [1.54, 1.807) is 24.3 Å². The maximum atomic E-state index is 11.6. The van der Waals surface area contributed by atoms with Gasteiger partial charge in [0.05, 0.1) is 0 Å². The van der Waals surface area contributed by atoms with Gasteiger partial charge < -0.3 is 15.2 Å². The molecule has 21 heavy (non-hydrogen) atoms. The molecule has 2 N–H and O–H groups in total. The first-order valence-electron chi connectivity index (χ1n) is 6.39. The lowest BCUT2D eigenvalue weighted by Gasteiger charge is -2.07. The van der Waals surface area contributed by atoms with Crippen molar-refractivity contribution in [2.75, 3.05) is 6.54 Å². The third-order valence-corrected chi connectivity index (χ3v) is 2.74. The van der Waals surface area contributed by atoms with Crippen LogP contribution in [-0.2, 0) is 4.79 Å². The maximum Gasteiger partial charge on any atom is 0.322 e. The quantitative estimate of drug-likeness (QED) is 0.885. The van der Waals surface area contributed by atoms with Gasteiger partial charge in [-0.3, -0.25) is 9.59 Å². The highest BCUT2D eigenvalue weighted by molar-refractivity contribution is 5.95. The normalized spacial score (nSPS) is 9.95. The fourth-order valence-electron chi connectivity index (χ4n) is 1.75. The minimum absolute atomic E-state index is 0.382. The average molecular weight is 285 g/mol. The molecule has 0 bridgehead atoms. The van der Waals surface area contributed by atoms with Crippen molar-refractivity contribution in [1.82, 2.24) is 5.32 Å². The van der Waals surface area contributed by atoms with Gasteiger partial charge in [-0.25, -0.2) is 0 Å². The second-order valence-electron chi connectivity index (χ2n) is 4.52. The summed E-state index contributed by atoms with van der Waals surface area (Å²) in [4.78, 5) is 22.0. The van der Waals surface area contributed by atoms with E-state index in [-0.39, 0.29) is 0 Å². The van der Waals surface area contributed by atoms with Gasteiger partial charge in [0.2, 0.25) is 0 Å². The number of hydrogen-bond acceptors (Lipinski definition) is 3. The number of hydrogen-bond donors (Lipinski definition) is 2. The van der Waals surface area contributed by atoms with Gasteiger partial charge in [0.15, 0.2) is 0 Å². The summed E-state index contributed by atoms with van der Waals surface area (Å²) >= 11 is 0. The molecule has 5 heteroatoms. The van der Waals surface area contributed by atoms with Crippen molar-refractivity contribution in [3.63, 3.8) is 0 Å². The Balaban J connectivity index is 2.01. The number of ether oxygens (including phenoxy) is 1. The largest absolute Gasteiger partial charge is 0.480 e. The molecule has 1 amide bonds. The molecule has 0 heterocycles. The fourth-order valence-corrected chi connectivity index (χ4v) is 1.75. The van der Waals surface area contributed by atoms with Crippen molar-refractivity contribution in [3.8, 4) is 11.5 Å². The standard InChI is InChI=1S/C16H15NO4/c1-11-3-2-4-14(9-11)21-13-7-5-12(6-8-13)16(20)17-10-15(18)19/h2-9H,10H2,1H3,(H,17,20)(H,18,19). The van der Waals surface area contributed by atoms with E-state index in [0.717, 1.165) is 11.3 Å². The Morgan fingerprint density at radius 3 is 2.43 bits per heavy atom. The van der Waals surface area contributed by atoms with Crippen LogP contribution in [-0.4, -0.2) is 23.5 Å². The molecule has 108 valence electrons. The lowest BCUT2D eigenvalue weighted by molar-refractivity contribution is -0.135. The molecule has 0 unspecified atom stereocenters. The summed E-state index contributed by atoms with van der Waals surface area (Å²) in [6.07, 6.45) is 0. The highest BCUT2D eigenvalue weighted by Crippen LogP contribution is 2.22. The Morgan fingerprint density at radius 2 is 1.81 bits per heavy atom. The number of carboxylic acids is 1. The number of benzene rings is 2. The van der Waals surface area contributed by atoms with Crippen LogP contribution >= 0.6 is 0 Å². The molecule has 2 aromatic rings. The summed E-state index contributed by atoms with van der Waals surface area (Å²) in [5.41, 5.74) is 1.48. The van der Waals surface area contributed by atoms with Crippen LogP contribution in [0.2, 0.25) is 0 Å². The third-order valence-electron chi connectivity index (χ3n) is 2.74. The Kier molecular flexibility index (Phi) is 4.56. The van der Waals surface area contributed by atoms with Crippen molar-refractivity contribution in [1.29, 1.82) is 0 Å². The van der Waals surface area contributed by atoms with E-state index < -0.39 is 18.4 Å². The van der Waals surface area contributed by atoms with Crippen molar-refractivity contribution < 1.29 is 19.4 Å². The second kappa shape index (κ2) is 6.56. The highest BCUT2D eigenvalue weighted by Gasteiger charge is 2.07. The molecule has 0 radical (unpaired) electrons. The summed E-state index contributed by atoms with van der Waals surface area (Å²) < 4.78 is 5.67. The molecule has 0 spiro atoms. The second-order valence-corrected chi connectivity index (χ2v) is 4.52. The zero-order chi connectivity index (χ0) is 15.2. The van der Waals surface area contributed by atoms with Gasteiger partial charge in [0, 0.05) is 5.56 Å². The Bertz CT molecular complexity index is 650. The molecule has 0 atom stereocenters. The number of nitrogens with one attached hydrogen (secondary N) is 1. The minimum atomic E-state index is -1.08. The van der Waals surface area contributed by atoms with Crippen LogP contribution in [0.4, 0.5) is 0 Å². The van der Waals surface area contributed by atoms with Gasteiger partial charge in [0.25, 0.3) is 5.91 Å². The van der Waals surface area contributed by atoms with Crippen molar-refractivity contribution in [2.24, 2.45) is 0 Å². The first-order chi connectivity index (χ1) is 10.0. The Morgan fingerprint density at radius 1 is 1.10 bits per heavy atom. The van der Waals surface area contributed by atoms with Gasteiger partial charge in [-0.1, -0.05) is 12.1 Å². The topological polar surface area (TPSA) is 75.6 Å². The number of carbonyl (C=O) groups excluding carboxylic acids is 1. The molecule has 0 aromatic heterocycles. The van der Waals surface area contributed by atoms with Crippen LogP contribution in [0.3, 0.4) is 0 Å². The smallest absolute Gasteiger partial charge is 0.322 e.